The minimum atomic E-state index is 0.0648. The number of hydrogen-bond acceptors (Lipinski definition) is 3. The summed E-state index contributed by atoms with van der Waals surface area (Å²) in [6, 6.07) is 18.0. The molecule has 1 fully saturated rings. The maximum Gasteiger partial charge on any atom is 0.253 e. The molecule has 1 aliphatic heterocycles. The van der Waals surface area contributed by atoms with Gasteiger partial charge in [-0.25, -0.2) is 0 Å². The zero-order chi connectivity index (χ0) is 19.3. The van der Waals surface area contributed by atoms with Crippen molar-refractivity contribution in [3.05, 3.63) is 66.4 Å². The van der Waals surface area contributed by atoms with Crippen molar-refractivity contribution in [3.8, 4) is 11.1 Å². The van der Waals surface area contributed by atoms with Gasteiger partial charge in [-0.1, -0.05) is 36.4 Å². The van der Waals surface area contributed by atoms with Gasteiger partial charge in [0, 0.05) is 42.9 Å². The quantitative estimate of drug-likeness (QED) is 0.614. The second-order valence-corrected chi connectivity index (χ2v) is 7.46. The van der Waals surface area contributed by atoms with Gasteiger partial charge in [-0.3, -0.25) is 9.78 Å². The fourth-order valence-electron chi connectivity index (χ4n) is 3.88. The van der Waals surface area contributed by atoms with E-state index in [1.54, 1.807) is 0 Å². The van der Waals surface area contributed by atoms with Crippen molar-refractivity contribution < 1.29 is 9.53 Å². The molecule has 4 nitrogen and oxygen atoms in total. The second kappa shape index (κ2) is 8.53. The number of pyridine rings is 1. The average molecular weight is 374 g/mol. The number of para-hydroxylation sites is 1. The van der Waals surface area contributed by atoms with Crippen LogP contribution in [0.2, 0.25) is 0 Å². The van der Waals surface area contributed by atoms with Crippen LogP contribution < -0.4 is 0 Å². The number of benzene rings is 2. The number of nitrogens with zero attached hydrogens (tertiary/aromatic N) is 2. The number of ether oxygens (including phenoxy) is 1. The molecule has 0 saturated carbocycles. The molecule has 1 saturated heterocycles. The highest BCUT2D eigenvalue weighted by molar-refractivity contribution is 5.96. The van der Waals surface area contributed by atoms with Crippen LogP contribution in [0.15, 0.2) is 60.8 Å². The lowest BCUT2D eigenvalue weighted by Crippen LogP contribution is -2.28. The van der Waals surface area contributed by atoms with Crippen LogP contribution in [0.1, 0.15) is 36.0 Å². The number of amides is 1. The summed E-state index contributed by atoms with van der Waals surface area (Å²) in [5, 5.41) is 1.12. The first-order chi connectivity index (χ1) is 13.7. The van der Waals surface area contributed by atoms with Crippen LogP contribution in [0, 0.1) is 0 Å². The van der Waals surface area contributed by atoms with Gasteiger partial charge in [0.1, 0.15) is 0 Å². The van der Waals surface area contributed by atoms with Crippen molar-refractivity contribution in [2.75, 3.05) is 20.2 Å². The van der Waals surface area contributed by atoms with E-state index >= 15 is 0 Å². The molecule has 144 valence electrons. The van der Waals surface area contributed by atoms with Crippen molar-refractivity contribution in [1.29, 1.82) is 0 Å². The van der Waals surface area contributed by atoms with Gasteiger partial charge in [0.2, 0.25) is 0 Å². The molecule has 0 bridgehead atoms. The van der Waals surface area contributed by atoms with E-state index in [4.69, 9.17) is 4.74 Å². The fourth-order valence-corrected chi connectivity index (χ4v) is 3.88. The topological polar surface area (TPSA) is 42.4 Å². The average Bonchev–Trinajstić information content (AvgIpc) is 3.26. The van der Waals surface area contributed by atoms with Crippen LogP contribution in [-0.2, 0) is 4.74 Å². The maximum atomic E-state index is 12.7. The summed E-state index contributed by atoms with van der Waals surface area (Å²) in [6.45, 7) is 1.64. The lowest BCUT2D eigenvalue weighted by molar-refractivity contribution is 0.0763. The minimum Gasteiger partial charge on any atom is -0.378 e. The first-order valence-corrected chi connectivity index (χ1v) is 10.0. The van der Waals surface area contributed by atoms with Gasteiger partial charge in [-0.2, -0.15) is 0 Å². The summed E-state index contributed by atoms with van der Waals surface area (Å²) in [4.78, 5) is 19.0. The van der Waals surface area contributed by atoms with Gasteiger partial charge in [0.25, 0.3) is 5.91 Å². The molecule has 2 heterocycles. The predicted octanol–water partition coefficient (Wildman–Crippen LogP) is 4.93. The van der Waals surface area contributed by atoms with E-state index in [2.05, 4.69) is 23.2 Å². The number of rotatable bonds is 6. The molecule has 3 aromatic rings. The SMILES string of the molecule is CN(CCC[C@@H]1CCCO1)C(=O)c1ccc(-c2cccc3cccnc23)cc1. The zero-order valence-electron chi connectivity index (χ0n) is 16.3. The number of carbonyl (C=O) groups excluding carboxylic acids is 1. The van der Waals surface area contributed by atoms with Crippen molar-refractivity contribution in [1.82, 2.24) is 9.88 Å². The summed E-state index contributed by atoms with van der Waals surface area (Å²) in [5.74, 6) is 0.0648. The van der Waals surface area contributed by atoms with E-state index in [1.807, 2.05) is 54.5 Å². The van der Waals surface area contributed by atoms with E-state index in [0.29, 0.717) is 6.10 Å². The van der Waals surface area contributed by atoms with E-state index in [0.717, 1.165) is 66.4 Å². The highest BCUT2D eigenvalue weighted by Crippen LogP contribution is 2.27. The Labute approximate surface area is 166 Å². The lowest BCUT2D eigenvalue weighted by atomic mass is 10.0. The van der Waals surface area contributed by atoms with Crippen LogP contribution in [0.4, 0.5) is 0 Å². The fraction of sp³-hybridized carbons (Fsp3) is 0.333. The van der Waals surface area contributed by atoms with Crippen molar-refractivity contribution in [3.63, 3.8) is 0 Å². The van der Waals surface area contributed by atoms with Gasteiger partial charge < -0.3 is 9.64 Å². The lowest BCUT2D eigenvalue weighted by Gasteiger charge is -2.18. The molecular weight excluding hydrogens is 348 g/mol. The molecule has 0 unspecified atom stereocenters. The highest BCUT2D eigenvalue weighted by atomic mass is 16.5. The van der Waals surface area contributed by atoms with Crippen LogP contribution in [0.25, 0.3) is 22.0 Å². The van der Waals surface area contributed by atoms with Crippen molar-refractivity contribution >= 4 is 16.8 Å². The molecule has 0 radical (unpaired) electrons. The Balaban J connectivity index is 1.42. The number of fused-ring (bicyclic) bond motifs is 1. The molecule has 2 aromatic carbocycles. The summed E-state index contributed by atoms with van der Waals surface area (Å²) < 4.78 is 5.66. The van der Waals surface area contributed by atoms with Crippen LogP contribution in [0.5, 0.6) is 0 Å². The normalized spacial score (nSPS) is 16.4. The van der Waals surface area contributed by atoms with Gasteiger partial charge >= 0.3 is 0 Å². The molecule has 1 aliphatic rings. The summed E-state index contributed by atoms with van der Waals surface area (Å²) in [5.41, 5.74) is 3.86. The van der Waals surface area contributed by atoms with Gasteiger partial charge in [0.05, 0.1) is 11.6 Å². The summed E-state index contributed by atoms with van der Waals surface area (Å²) in [7, 11) is 1.88. The zero-order valence-corrected chi connectivity index (χ0v) is 16.3. The first-order valence-electron chi connectivity index (χ1n) is 10.0. The van der Waals surface area contributed by atoms with E-state index in [9.17, 15) is 4.79 Å². The van der Waals surface area contributed by atoms with Crippen molar-refractivity contribution in [2.45, 2.75) is 31.8 Å². The number of aromatic nitrogens is 1. The second-order valence-electron chi connectivity index (χ2n) is 7.46. The Kier molecular flexibility index (Phi) is 5.68. The number of carbonyl (C=O) groups is 1. The molecule has 4 rings (SSSR count). The Hall–Kier alpha value is -2.72. The Morgan fingerprint density at radius 1 is 1.14 bits per heavy atom. The molecular formula is C24H26N2O2. The number of hydrogen-bond donors (Lipinski definition) is 0. The molecule has 0 spiro atoms. The van der Waals surface area contributed by atoms with E-state index < -0.39 is 0 Å². The molecule has 0 N–H and O–H groups in total. The van der Waals surface area contributed by atoms with Gasteiger partial charge in [0.15, 0.2) is 0 Å². The third-order valence-electron chi connectivity index (χ3n) is 5.47. The smallest absolute Gasteiger partial charge is 0.253 e. The molecule has 28 heavy (non-hydrogen) atoms. The molecule has 1 amide bonds. The first kappa shape index (κ1) is 18.6. The largest absolute Gasteiger partial charge is 0.378 e. The van der Waals surface area contributed by atoms with Crippen LogP contribution in [-0.4, -0.2) is 42.1 Å². The molecule has 1 atom stereocenters. The monoisotopic (exact) mass is 374 g/mol. The molecule has 0 aliphatic carbocycles. The summed E-state index contributed by atoms with van der Waals surface area (Å²) >= 11 is 0. The predicted molar refractivity (Wildman–Crippen MR) is 112 cm³/mol. The summed E-state index contributed by atoms with van der Waals surface area (Å²) in [6.07, 6.45) is 6.53. The third kappa shape index (κ3) is 4.07. The van der Waals surface area contributed by atoms with Crippen LogP contribution >= 0.6 is 0 Å². The third-order valence-corrected chi connectivity index (χ3v) is 5.47. The Bertz CT molecular complexity index is 941. The molecule has 1 aromatic heterocycles. The Morgan fingerprint density at radius 2 is 1.96 bits per heavy atom. The standard InChI is InChI=1S/C24H26N2O2/c1-26(16-4-8-21-9-5-17-28-21)24(27)20-13-11-18(12-14-20)22-10-2-6-19-7-3-15-25-23(19)22/h2-3,6-7,10-15,21H,4-5,8-9,16-17H2,1H3/t21-/m1/s1. The van der Waals surface area contributed by atoms with E-state index in [-0.39, 0.29) is 5.91 Å². The van der Waals surface area contributed by atoms with E-state index in [1.165, 1.54) is 0 Å². The Morgan fingerprint density at radius 3 is 2.75 bits per heavy atom. The highest BCUT2D eigenvalue weighted by Gasteiger charge is 2.17. The van der Waals surface area contributed by atoms with Gasteiger partial charge in [-0.05, 0) is 49.4 Å². The van der Waals surface area contributed by atoms with Gasteiger partial charge in [-0.15, -0.1) is 0 Å². The molecule has 4 heteroatoms. The maximum absolute atomic E-state index is 12.7. The van der Waals surface area contributed by atoms with Crippen LogP contribution in [0.3, 0.4) is 0 Å². The van der Waals surface area contributed by atoms with Crippen molar-refractivity contribution in [2.24, 2.45) is 0 Å². The minimum absolute atomic E-state index is 0.0648.